The molecule has 0 amide bonds. The zero-order valence-corrected chi connectivity index (χ0v) is 15.2. The lowest BCUT2D eigenvalue weighted by atomic mass is 10.0. The summed E-state index contributed by atoms with van der Waals surface area (Å²) in [5.74, 6) is -0.579. The Labute approximate surface area is 156 Å². The van der Waals surface area contributed by atoms with Gasteiger partial charge in [0.25, 0.3) is 5.56 Å². The minimum atomic E-state index is -0.665. The maximum Gasteiger partial charge on any atom is 0.326 e. The van der Waals surface area contributed by atoms with E-state index in [4.69, 9.17) is 4.74 Å². The first-order chi connectivity index (χ1) is 13.0. The van der Waals surface area contributed by atoms with Gasteiger partial charge in [0.1, 0.15) is 6.54 Å². The zero-order chi connectivity index (χ0) is 19.4. The first-order valence-electron chi connectivity index (χ1n) is 8.68. The summed E-state index contributed by atoms with van der Waals surface area (Å²) in [5.41, 5.74) is 1.85. The highest BCUT2D eigenvalue weighted by atomic mass is 16.5. The second-order valence-corrected chi connectivity index (χ2v) is 6.56. The smallest absolute Gasteiger partial charge is 0.326 e. The summed E-state index contributed by atoms with van der Waals surface area (Å²) in [6.07, 6.45) is 1.30. The van der Waals surface area contributed by atoms with Gasteiger partial charge in [0.15, 0.2) is 12.4 Å². The summed E-state index contributed by atoms with van der Waals surface area (Å²) in [4.78, 5) is 40.7. The summed E-state index contributed by atoms with van der Waals surface area (Å²) in [6.45, 7) is 3.48. The molecule has 0 aliphatic heterocycles. The number of esters is 1. The van der Waals surface area contributed by atoms with E-state index in [0.717, 1.165) is 5.56 Å². The molecule has 0 aliphatic rings. The molecule has 3 aromatic rings. The maximum atomic E-state index is 12.4. The molecular formula is C21H20N2O4. The van der Waals surface area contributed by atoms with E-state index in [1.807, 2.05) is 12.1 Å². The molecule has 0 N–H and O–H groups in total. The Hall–Kier alpha value is -3.28. The van der Waals surface area contributed by atoms with E-state index in [0.29, 0.717) is 22.4 Å². The van der Waals surface area contributed by atoms with E-state index in [1.165, 1.54) is 10.9 Å². The third-order valence-corrected chi connectivity index (χ3v) is 4.29. The first-order valence-corrected chi connectivity index (χ1v) is 8.68. The molecule has 0 atom stereocenters. The molecule has 1 aromatic heterocycles. The van der Waals surface area contributed by atoms with Gasteiger partial charge < -0.3 is 4.74 Å². The molecule has 138 valence electrons. The maximum absolute atomic E-state index is 12.4. The van der Waals surface area contributed by atoms with Crippen LogP contribution < -0.4 is 5.56 Å². The number of ketones is 1. The number of nitrogens with zero attached hydrogens (tertiary/aromatic N) is 2. The van der Waals surface area contributed by atoms with Gasteiger partial charge in [-0.2, -0.15) is 0 Å². The molecule has 0 spiro atoms. The number of para-hydroxylation sites is 1. The molecule has 0 bridgehead atoms. The molecule has 0 saturated heterocycles. The van der Waals surface area contributed by atoms with Crippen LogP contribution in [0.4, 0.5) is 0 Å². The number of ether oxygens (including phenoxy) is 1. The van der Waals surface area contributed by atoms with Crippen LogP contribution in [-0.2, 0) is 16.1 Å². The zero-order valence-electron chi connectivity index (χ0n) is 15.2. The Balaban J connectivity index is 1.62. The van der Waals surface area contributed by atoms with Gasteiger partial charge in [0.2, 0.25) is 0 Å². The molecule has 6 heteroatoms. The molecule has 2 aromatic carbocycles. The van der Waals surface area contributed by atoms with Crippen molar-refractivity contribution < 1.29 is 14.3 Å². The van der Waals surface area contributed by atoms with E-state index < -0.39 is 5.97 Å². The van der Waals surface area contributed by atoms with Gasteiger partial charge in [-0.1, -0.05) is 50.2 Å². The standard InChI is InChI=1S/C21H20N2O4/c1-14(2)15-7-9-16(10-8-15)19(24)12-27-20(25)11-23-13-22-18-6-4-3-5-17(18)21(23)26/h3-10,13-14H,11-12H2,1-2H3. The molecule has 0 fully saturated rings. The van der Waals surface area contributed by atoms with Gasteiger partial charge in [-0.15, -0.1) is 0 Å². The first kappa shape index (κ1) is 18.5. The molecule has 0 unspecified atom stereocenters. The van der Waals surface area contributed by atoms with Crippen LogP contribution in [0.15, 0.2) is 59.7 Å². The summed E-state index contributed by atoms with van der Waals surface area (Å²) in [7, 11) is 0. The van der Waals surface area contributed by atoms with Crippen molar-refractivity contribution in [1.82, 2.24) is 9.55 Å². The number of carbonyl (C=O) groups is 2. The fourth-order valence-corrected chi connectivity index (χ4v) is 2.69. The van der Waals surface area contributed by atoms with E-state index in [1.54, 1.807) is 36.4 Å². The summed E-state index contributed by atoms with van der Waals surface area (Å²) in [6, 6.07) is 14.1. The lowest BCUT2D eigenvalue weighted by molar-refractivity contribution is -0.143. The number of fused-ring (bicyclic) bond motifs is 1. The Kier molecular flexibility index (Phi) is 5.45. The number of benzene rings is 2. The Morgan fingerprint density at radius 3 is 2.48 bits per heavy atom. The predicted octanol–water partition coefficient (Wildman–Crippen LogP) is 2.95. The van der Waals surface area contributed by atoms with Gasteiger partial charge in [-0.25, -0.2) is 4.98 Å². The number of Topliss-reactive ketones (excluding diaryl/α,β-unsaturated/α-hetero) is 1. The summed E-state index contributed by atoms with van der Waals surface area (Å²) in [5, 5.41) is 0.425. The monoisotopic (exact) mass is 364 g/mol. The SMILES string of the molecule is CC(C)c1ccc(C(=O)COC(=O)Cn2cnc3ccccc3c2=O)cc1. The third kappa shape index (κ3) is 4.28. The number of hydrogen-bond acceptors (Lipinski definition) is 5. The van der Waals surface area contributed by atoms with Crippen LogP contribution in [0.25, 0.3) is 10.9 Å². The van der Waals surface area contributed by atoms with Crippen LogP contribution in [-0.4, -0.2) is 27.9 Å². The predicted molar refractivity (Wildman–Crippen MR) is 102 cm³/mol. The summed E-state index contributed by atoms with van der Waals surface area (Å²) < 4.78 is 6.20. The Morgan fingerprint density at radius 1 is 1.07 bits per heavy atom. The van der Waals surface area contributed by atoms with E-state index in [2.05, 4.69) is 18.8 Å². The van der Waals surface area contributed by atoms with Crippen LogP contribution in [0.2, 0.25) is 0 Å². The summed E-state index contributed by atoms with van der Waals surface area (Å²) >= 11 is 0. The Morgan fingerprint density at radius 2 is 1.78 bits per heavy atom. The number of aromatic nitrogens is 2. The molecule has 0 saturated carbocycles. The lowest BCUT2D eigenvalue weighted by Crippen LogP contribution is -2.26. The van der Waals surface area contributed by atoms with Crippen molar-refractivity contribution in [1.29, 1.82) is 0 Å². The van der Waals surface area contributed by atoms with Crippen molar-refractivity contribution in [2.24, 2.45) is 0 Å². The van der Waals surface area contributed by atoms with E-state index >= 15 is 0 Å². The van der Waals surface area contributed by atoms with Gasteiger partial charge in [0.05, 0.1) is 17.2 Å². The molecule has 0 radical (unpaired) electrons. The van der Waals surface area contributed by atoms with E-state index in [9.17, 15) is 14.4 Å². The average molecular weight is 364 g/mol. The van der Waals surface area contributed by atoms with Crippen molar-refractivity contribution in [3.63, 3.8) is 0 Å². The normalized spacial score (nSPS) is 10.9. The van der Waals surface area contributed by atoms with Crippen LogP contribution in [0.1, 0.15) is 35.7 Å². The molecule has 6 nitrogen and oxygen atoms in total. The molecule has 1 heterocycles. The van der Waals surface area contributed by atoms with Crippen LogP contribution in [0, 0.1) is 0 Å². The Bertz CT molecular complexity index is 1040. The minimum absolute atomic E-state index is 0.289. The fourth-order valence-electron chi connectivity index (χ4n) is 2.69. The van der Waals surface area contributed by atoms with Gasteiger partial charge in [-0.3, -0.25) is 19.0 Å². The molecular weight excluding hydrogens is 344 g/mol. The van der Waals surface area contributed by atoms with Crippen LogP contribution >= 0.6 is 0 Å². The van der Waals surface area contributed by atoms with Crippen molar-refractivity contribution in [2.75, 3.05) is 6.61 Å². The van der Waals surface area contributed by atoms with Gasteiger partial charge >= 0.3 is 5.97 Å². The number of carbonyl (C=O) groups excluding carboxylic acids is 2. The average Bonchev–Trinajstić information content (AvgIpc) is 2.68. The molecule has 3 rings (SSSR count). The molecule has 27 heavy (non-hydrogen) atoms. The lowest BCUT2D eigenvalue weighted by Gasteiger charge is -2.08. The second-order valence-electron chi connectivity index (χ2n) is 6.56. The molecule has 0 aliphatic carbocycles. The van der Waals surface area contributed by atoms with Gasteiger partial charge in [0, 0.05) is 5.56 Å². The van der Waals surface area contributed by atoms with Crippen molar-refractivity contribution in [3.05, 3.63) is 76.3 Å². The van der Waals surface area contributed by atoms with Crippen molar-refractivity contribution in [2.45, 2.75) is 26.3 Å². The largest absolute Gasteiger partial charge is 0.456 e. The minimum Gasteiger partial charge on any atom is -0.456 e. The second kappa shape index (κ2) is 7.95. The fraction of sp³-hybridized carbons (Fsp3) is 0.238. The third-order valence-electron chi connectivity index (χ3n) is 4.29. The van der Waals surface area contributed by atoms with Gasteiger partial charge in [-0.05, 0) is 23.6 Å². The highest BCUT2D eigenvalue weighted by Crippen LogP contribution is 2.15. The van der Waals surface area contributed by atoms with Crippen molar-refractivity contribution in [3.8, 4) is 0 Å². The topological polar surface area (TPSA) is 78.3 Å². The van der Waals surface area contributed by atoms with E-state index in [-0.39, 0.29) is 24.5 Å². The van der Waals surface area contributed by atoms with Crippen LogP contribution in [0.5, 0.6) is 0 Å². The number of rotatable bonds is 6. The van der Waals surface area contributed by atoms with Crippen molar-refractivity contribution >= 4 is 22.7 Å². The number of hydrogen-bond donors (Lipinski definition) is 0. The quantitative estimate of drug-likeness (QED) is 0.496. The highest BCUT2D eigenvalue weighted by molar-refractivity contribution is 5.98. The highest BCUT2D eigenvalue weighted by Gasteiger charge is 2.13. The van der Waals surface area contributed by atoms with Crippen LogP contribution in [0.3, 0.4) is 0 Å².